The van der Waals surface area contributed by atoms with E-state index in [1.54, 1.807) is 19.2 Å². The third kappa shape index (κ3) is 4.44. The second kappa shape index (κ2) is 7.77. The monoisotopic (exact) mass is 373 g/mol. The lowest BCUT2D eigenvalue weighted by Crippen LogP contribution is -1.96. The number of hydrogen-bond donors (Lipinski definition) is 0. The summed E-state index contributed by atoms with van der Waals surface area (Å²) in [7, 11) is 1.65. The third-order valence-corrected chi connectivity index (χ3v) is 4.22. The van der Waals surface area contributed by atoms with Gasteiger partial charge in [0, 0.05) is 0 Å². The molecule has 0 unspecified atom stereocenters. The van der Waals surface area contributed by atoms with Crippen LogP contribution in [0.1, 0.15) is 11.1 Å². The lowest BCUT2D eigenvalue weighted by molar-refractivity contribution is 0.306. The molecule has 3 nitrogen and oxygen atoms in total. The molecule has 0 fully saturated rings. The van der Waals surface area contributed by atoms with Crippen LogP contribution in [0, 0.1) is 6.92 Å². The molecule has 0 amide bonds. The summed E-state index contributed by atoms with van der Waals surface area (Å²) in [5.41, 5.74) is 4.13. The molecule has 3 aromatic rings. The topological polar surface area (TPSA) is 31.4 Å². The molecule has 0 aliphatic carbocycles. The highest BCUT2D eigenvalue weighted by Gasteiger charge is 2.07. The fraction of sp³-hybridized carbons (Fsp3) is 0.150. The first-order chi connectivity index (χ1) is 12.0. The first-order valence-corrected chi connectivity index (χ1v) is 8.50. The second-order valence-corrected chi connectivity index (χ2v) is 6.39. The molecule has 128 valence electrons. The number of aromatic nitrogens is 1. The lowest BCUT2D eigenvalue weighted by Gasteiger charge is -2.11. The van der Waals surface area contributed by atoms with Gasteiger partial charge < -0.3 is 9.47 Å². The zero-order valence-electron chi connectivity index (χ0n) is 13.9. The molecular weight excluding hydrogens is 357 g/mol. The van der Waals surface area contributed by atoms with Crippen LogP contribution in [0.3, 0.4) is 0 Å². The molecule has 0 radical (unpaired) electrons. The fourth-order valence-corrected chi connectivity index (χ4v) is 3.02. The Morgan fingerprint density at radius 1 is 0.880 bits per heavy atom. The van der Waals surface area contributed by atoms with E-state index in [1.165, 1.54) is 0 Å². The Labute approximate surface area is 157 Å². The number of hydrogen-bond acceptors (Lipinski definition) is 3. The van der Waals surface area contributed by atoms with Gasteiger partial charge in [-0.1, -0.05) is 41.4 Å². The highest BCUT2D eigenvalue weighted by molar-refractivity contribution is 6.32. The van der Waals surface area contributed by atoms with Crippen molar-refractivity contribution in [3.63, 3.8) is 0 Å². The molecule has 0 saturated carbocycles. The minimum absolute atomic E-state index is 0.377. The number of pyridine rings is 1. The molecule has 1 aromatic heterocycles. The van der Waals surface area contributed by atoms with Crippen LogP contribution in [0.4, 0.5) is 0 Å². The molecule has 0 aliphatic rings. The molecule has 3 rings (SSSR count). The number of benzene rings is 2. The minimum Gasteiger partial charge on any atom is -0.497 e. The Balaban J connectivity index is 1.75. The van der Waals surface area contributed by atoms with Crippen molar-refractivity contribution in [3.8, 4) is 22.6 Å². The second-order valence-electron chi connectivity index (χ2n) is 5.61. The number of aryl methyl sites for hydroxylation is 1. The molecule has 2 aromatic carbocycles. The summed E-state index contributed by atoms with van der Waals surface area (Å²) < 4.78 is 11.0. The van der Waals surface area contributed by atoms with Gasteiger partial charge in [0.25, 0.3) is 0 Å². The molecule has 1 heterocycles. The zero-order chi connectivity index (χ0) is 17.8. The van der Waals surface area contributed by atoms with Crippen molar-refractivity contribution < 1.29 is 9.47 Å². The van der Waals surface area contributed by atoms with E-state index in [2.05, 4.69) is 4.98 Å². The van der Waals surface area contributed by atoms with E-state index in [0.717, 1.165) is 33.8 Å². The van der Waals surface area contributed by atoms with Gasteiger partial charge in [-0.15, -0.1) is 0 Å². The van der Waals surface area contributed by atoms with E-state index in [-0.39, 0.29) is 0 Å². The molecule has 0 N–H and O–H groups in total. The maximum Gasteiger partial charge on any atom is 0.131 e. The zero-order valence-corrected chi connectivity index (χ0v) is 15.4. The van der Waals surface area contributed by atoms with Crippen LogP contribution in [0.15, 0.2) is 54.6 Å². The number of ether oxygens (including phenoxy) is 2. The van der Waals surface area contributed by atoms with Crippen molar-refractivity contribution in [1.29, 1.82) is 0 Å². The van der Waals surface area contributed by atoms with Gasteiger partial charge in [-0.05, 0) is 65.6 Å². The van der Waals surface area contributed by atoms with E-state index < -0.39 is 0 Å². The number of methoxy groups -OCH3 is 1. The summed E-state index contributed by atoms with van der Waals surface area (Å²) >= 11 is 12.0. The molecule has 0 spiro atoms. The van der Waals surface area contributed by atoms with Crippen LogP contribution >= 0.6 is 23.2 Å². The Hall–Kier alpha value is -2.23. The first-order valence-electron chi connectivity index (χ1n) is 7.75. The average molecular weight is 374 g/mol. The van der Waals surface area contributed by atoms with E-state index >= 15 is 0 Å². The Morgan fingerprint density at radius 2 is 1.52 bits per heavy atom. The van der Waals surface area contributed by atoms with Crippen molar-refractivity contribution in [1.82, 2.24) is 4.98 Å². The van der Waals surface area contributed by atoms with Crippen molar-refractivity contribution in [2.24, 2.45) is 0 Å². The summed E-state index contributed by atoms with van der Waals surface area (Å²) in [5.74, 6) is 1.64. The van der Waals surface area contributed by atoms with Gasteiger partial charge in [0.2, 0.25) is 0 Å². The summed E-state index contributed by atoms with van der Waals surface area (Å²) in [6.07, 6.45) is 0. The molecule has 0 bridgehead atoms. The molecule has 25 heavy (non-hydrogen) atoms. The Bertz CT molecular complexity index is 859. The maximum atomic E-state index is 5.99. The third-order valence-electron chi connectivity index (χ3n) is 3.84. The minimum atomic E-state index is 0.377. The first kappa shape index (κ1) is 17.6. The highest BCUT2D eigenvalue weighted by atomic mass is 35.5. The molecule has 0 aliphatic heterocycles. The van der Waals surface area contributed by atoms with Gasteiger partial charge in [0.05, 0.1) is 7.11 Å². The molecule has 0 atom stereocenters. The van der Waals surface area contributed by atoms with Crippen LogP contribution in [-0.2, 0) is 6.61 Å². The van der Waals surface area contributed by atoms with Crippen molar-refractivity contribution in [3.05, 3.63) is 76.0 Å². The van der Waals surface area contributed by atoms with Crippen LogP contribution in [0.2, 0.25) is 10.3 Å². The van der Waals surface area contributed by atoms with Gasteiger partial charge in [-0.3, -0.25) is 0 Å². The number of rotatable bonds is 5. The van der Waals surface area contributed by atoms with E-state index in [1.807, 2.05) is 49.4 Å². The SMILES string of the molecule is COc1ccc(COc2ccc(-c3cc(Cl)nc(Cl)c3)c(C)c2)cc1. The van der Waals surface area contributed by atoms with Crippen LogP contribution in [0.25, 0.3) is 11.1 Å². The summed E-state index contributed by atoms with van der Waals surface area (Å²) in [6, 6.07) is 17.4. The van der Waals surface area contributed by atoms with Crippen molar-refractivity contribution >= 4 is 23.2 Å². The predicted molar refractivity (Wildman–Crippen MR) is 102 cm³/mol. The van der Waals surface area contributed by atoms with Gasteiger partial charge in [-0.2, -0.15) is 0 Å². The van der Waals surface area contributed by atoms with E-state index in [0.29, 0.717) is 16.9 Å². The van der Waals surface area contributed by atoms with E-state index in [9.17, 15) is 0 Å². The largest absolute Gasteiger partial charge is 0.497 e. The Kier molecular flexibility index (Phi) is 5.47. The predicted octanol–water partition coefficient (Wildman–Crippen LogP) is 5.95. The maximum absolute atomic E-state index is 5.99. The van der Waals surface area contributed by atoms with Gasteiger partial charge in [-0.25, -0.2) is 4.98 Å². The number of halogens is 2. The molecule has 0 saturated heterocycles. The highest BCUT2D eigenvalue weighted by Crippen LogP contribution is 2.30. The summed E-state index contributed by atoms with van der Waals surface area (Å²) in [6.45, 7) is 2.52. The standard InChI is InChI=1S/C20H17Cl2NO2/c1-13-9-17(25-12-14-3-5-16(24-2)6-4-14)7-8-18(13)15-10-19(21)23-20(22)11-15/h3-11H,12H2,1-2H3. The Morgan fingerprint density at radius 3 is 2.12 bits per heavy atom. The van der Waals surface area contributed by atoms with Crippen LogP contribution in [0.5, 0.6) is 11.5 Å². The average Bonchev–Trinajstić information content (AvgIpc) is 2.59. The number of nitrogens with zero attached hydrogens (tertiary/aromatic N) is 1. The van der Waals surface area contributed by atoms with Crippen molar-refractivity contribution in [2.75, 3.05) is 7.11 Å². The van der Waals surface area contributed by atoms with Crippen LogP contribution in [-0.4, -0.2) is 12.1 Å². The van der Waals surface area contributed by atoms with Gasteiger partial charge in [0.1, 0.15) is 28.4 Å². The normalized spacial score (nSPS) is 10.6. The van der Waals surface area contributed by atoms with Crippen LogP contribution < -0.4 is 9.47 Å². The quantitative estimate of drug-likeness (QED) is 0.517. The fourth-order valence-electron chi connectivity index (χ4n) is 2.56. The smallest absolute Gasteiger partial charge is 0.131 e. The lowest BCUT2D eigenvalue weighted by atomic mass is 10.0. The summed E-state index contributed by atoms with van der Waals surface area (Å²) in [4.78, 5) is 3.98. The van der Waals surface area contributed by atoms with E-state index in [4.69, 9.17) is 32.7 Å². The van der Waals surface area contributed by atoms with Gasteiger partial charge in [0.15, 0.2) is 0 Å². The molecular formula is C20H17Cl2NO2. The van der Waals surface area contributed by atoms with Crippen molar-refractivity contribution in [2.45, 2.75) is 13.5 Å². The molecule has 5 heteroatoms. The van der Waals surface area contributed by atoms with Gasteiger partial charge >= 0.3 is 0 Å². The summed E-state index contributed by atoms with van der Waals surface area (Å²) in [5, 5.41) is 0.753.